The van der Waals surface area contributed by atoms with Gasteiger partial charge in [-0.2, -0.15) is 0 Å². The summed E-state index contributed by atoms with van der Waals surface area (Å²) in [6.45, 7) is 5.16. The first-order valence-corrected chi connectivity index (χ1v) is 9.70. The van der Waals surface area contributed by atoms with E-state index in [4.69, 9.17) is 4.74 Å². The highest BCUT2D eigenvalue weighted by molar-refractivity contribution is 5.94. The van der Waals surface area contributed by atoms with Gasteiger partial charge in [-0.25, -0.2) is 0 Å². The second-order valence-corrected chi connectivity index (χ2v) is 8.10. The van der Waals surface area contributed by atoms with Gasteiger partial charge < -0.3 is 9.64 Å². The van der Waals surface area contributed by atoms with Gasteiger partial charge >= 0.3 is 5.97 Å². The number of cyclic esters (lactones) is 1. The standard InChI is InChI=1S/C24H25NO3/c1-17-12-21-16-28-23(27)24(21,13-17)14-18-8-10-20(11-9-18)22(26)25(2)15-19-6-4-3-5-7-19/h3-11,21H,1,12-16H2,2H3. The molecule has 2 unspecified atom stereocenters. The first-order valence-electron chi connectivity index (χ1n) is 9.70. The molecule has 2 atom stereocenters. The summed E-state index contributed by atoms with van der Waals surface area (Å²) >= 11 is 0. The quantitative estimate of drug-likeness (QED) is 0.586. The van der Waals surface area contributed by atoms with Crippen molar-refractivity contribution in [1.29, 1.82) is 0 Å². The maximum absolute atomic E-state index is 12.7. The van der Waals surface area contributed by atoms with Crippen LogP contribution in [0, 0.1) is 11.3 Å². The summed E-state index contributed by atoms with van der Waals surface area (Å²) in [5.74, 6) is 0.116. The highest BCUT2D eigenvalue weighted by Gasteiger charge is 2.55. The molecule has 1 aliphatic heterocycles. The van der Waals surface area contributed by atoms with E-state index in [1.54, 1.807) is 4.90 Å². The molecule has 0 bridgehead atoms. The molecule has 0 radical (unpaired) electrons. The number of rotatable bonds is 5. The lowest BCUT2D eigenvalue weighted by atomic mass is 9.75. The fourth-order valence-corrected chi connectivity index (χ4v) is 4.54. The molecule has 1 heterocycles. The highest BCUT2D eigenvalue weighted by Crippen LogP contribution is 2.52. The Morgan fingerprint density at radius 1 is 1.14 bits per heavy atom. The average Bonchev–Trinajstić information content (AvgIpc) is 3.16. The van der Waals surface area contributed by atoms with Gasteiger partial charge in [-0.05, 0) is 42.5 Å². The van der Waals surface area contributed by atoms with Gasteiger partial charge in [0.2, 0.25) is 0 Å². The Morgan fingerprint density at radius 3 is 2.57 bits per heavy atom. The molecular formula is C24H25NO3. The molecule has 1 saturated heterocycles. The summed E-state index contributed by atoms with van der Waals surface area (Å²) in [6, 6.07) is 17.6. The lowest BCUT2D eigenvalue weighted by Gasteiger charge is -2.24. The normalized spacial score (nSPS) is 23.4. The van der Waals surface area contributed by atoms with E-state index in [-0.39, 0.29) is 17.8 Å². The molecule has 4 heteroatoms. The van der Waals surface area contributed by atoms with Crippen molar-refractivity contribution in [2.75, 3.05) is 13.7 Å². The second-order valence-electron chi connectivity index (χ2n) is 8.10. The molecule has 144 valence electrons. The number of benzene rings is 2. The van der Waals surface area contributed by atoms with Gasteiger partial charge in [0.15, 0.2) is 0 Å². The van der Waals surface area contributed by atoms with Crippen molar-refractivity contribution in [3.05, 3.63) is 83.4 Å². The van der Waals surface area contributed by atoms with Gasteiger partial charge in [0.1, 0.15) is 0 Å². The summed E-state index contributed by atoms with van der Waals surface area (Å²) in [5, 5.41) is 0. The third kappa shape index (κ3) is 3.35. The molecule has 28 heavy (non-hydrogen) atoms. The summed E-state index contributed by atoms with van der Waals surface area (Å²) in [6.07, 6.45) is 2.22. The van der Waals surface area contributed by atoms with Crippen molar-refractivity contribution in [2.24, 2.45) is 11.3 Å². The number of allylic oxidation sites excluding steroid dienone is 1. The van der Waals surface area contributed by atoms with Crippen LogP contribution in [0.1, 0.15) is 34.3 Å². The zero-order valence-electron chi connectivity index (χ0n) is 16.2. The average molecular weight is 375 g/mol. The van der Waals surface area contributed by atoms with Gasteiger partial charge in [0, 0.05) is 25.1 Å². The van der Waals surface area contributed by atoms with Crippen molar-refractivity contribution in [1.82, 2.24) is 4.90 Å². The zero-order valence-corrected chi connectivity index (χ0v) is 16.2. The molecule has 1 aliphatic carbocycles. The second kappa shape index (κ2) is 7.27. The minimum atomic E-state index is -0.466. The third-order valence-corrected chi connectivity index (χ3v) is 6.03. The van der Waals surface area contributed by atoms with Crippen LogP contribution in [0.15, 0.2) is 66.7 Å². The van der Waals surface area contributed by atoms with Crippen molar-refractivity contribution in [2.45, 2.75) is 25.8 Å². The third-order valence-electron chi connectivity index (χ3n) is 6.03. The number of hydrogen-bond acceptors (Lipinski definition) is 3. The minimum absolute atomic E-state index is 0.0130. The highest BCUT2D eigenvalue weighted by atomic mass is 16.5. The maximum Gasteiger partial charge on any atom is 0.313 e. The van der Waals surface area contributed by atoms with E-state index in [9.17, 15) is 9.59 Å². The topological polar surface area (TPSA) is 46.6 Å². The lowest BCUT2D eigenvalue weighted by molar-refractivity contribution is -0.146. The Kier molecular flexibility index (Phi) is 4.80. The molecule has 1 amide bonds. The van der Waals surface area contributed by atoms with E-state index < -0.39 is 5.41 Å². The van der Waals surface area contributed by atoms with Crippen molar-refractivity contribution in [3.8, 4) is 0 Å². The molecule has 1 saturated carbocycles. The maximum atomic E-state index is 12.7. The first-order chi connectivity index (χ1) is 13.5. The van der Waals surface area contributed by atoms with Gasteiger partial charge in [0.05, 0.1) is 12.0 Å². The van der Waals surface area contributed by atoms with Crippen LogP contribution in [-0.2, 0) is 22.5 Å². The van der Waals surface area contributed by atoms with E-state index in [0.717, 1.165) is 23.1 Å². The summed E-state index contributed by atoms with van der Waals surface area (Å²) in [7, 11) is 1.81. The van der Waals surface area contributed by atoms with Crippen molar-refractivity contribution >= 4 is 11.9 Å². The Bertz CT molecular complexity index is 903. The number of fused-ring (bicyclic) bond motifs is 1. The molecule has 2 aliphatic rings. The van der Waals surface area contributed by atoms with E-state index in [2.05, 4.69) is 6.58 Å². The Balaban J connectivity index is 1.46. The monoisotopic (exact) mass is 375 g/mol. The molecule has 4 nitrogen and oxygen atoms in total. The number of nitrogens with zero attached hydrogens (tertiary/aromatic N) is 1. The molecule has 0 spiro atoms. The first kappa shape index (κ1) is 18.5. The number of carbonyl (C=O) groups is 2. The van der Waals surface area contributed by atoms with Crippen LogP contribution in [0.25, 0.3) is 0 Å². The van der Waals surface area contributed by atoms with Crippen LogP contribution < -0.4 is 0 Å². The van der Waals surface area contributed by atoms with Crippen LogP contribution in [0.4, 0.5) is 0 Å². The molecule has 2 fully saturated rings. The zero-order chi connectivity index (χ0) is 19.7. The Labute approximate surface area is 165 Å². The predicted molar refractivity (Wildman–Crippen MR) is 108 cm³/mol. The number of esters is 1. The SMILES string of the molecule is C=C1CC2COC(=O)C2(Cc2ccc(C(=O)N(C)Cc3ccccc3)cc2)C1. The fourth-order valence-electron chi connectivity index (χ4n) is 4.54. The number of hydrogen-bond donors (Lipinski definition) is 0. The predicted octanol–water partition coefficient (Wildman–Crippen LogP) is 4.01. The van der Waals surface area contributed by atoms with Gasteiger partial charge in [-0.15, -0.1) is 0 Å². The van der Waals surface area contributed by atoms with E-state index in [1.807, 2.05) is 61.6 Å². The van der Waals surface area contributed by atoms with Crippen LogP contribution in [-0.4, -0.2) is 30.4 Å². The van der Waals surface area contributed by atoms with Crippen molar-refractivity contribution in [3.63, 3.8) is 0 Å². The molecule has 4 rings (SSSR count). The van der Waals surface area contributed by atoms with Crippen LogP contribution in [0.2, 0.25) is 0 Å². The van der Waals surface area contributed by atoms with E-state index >= 15 is 0 Å². The van der Waals surface area contributed by atoms with Crippen LogP contribution in [0.3, 0.4) is 0 Å². The van der Waals surface area contributed by atoms with E-state index in [1.165, 1.54) is 0 Å². The van der Waals surface area contributed by atoms with Crippen LogP contribution in [0.5, 0.6) is 0 Å². The Hall–Kier alpha value is -2.88. The summed E-state index contributed by atoms with van der Waals surface area (Å²) in [5.41, 5.74) is 3.48. The molecule has 2 aromatic rings. The lowest BCUT2D eigenvalue weighted by Crippen LogP contribution is -2.31. The molecular weight excluding hydrogens is 350 g/mol. The largest absolute Gasteiger partial charge is 0.465 e. The molecule has 0 N–H and O–H groups in total. The Morgan fingerprint density at radius 2 is 1.86 bits per heavy atom. The number of amides is 1. The smallest absolute Gasteiger partial charge is 0.313 e. The fraction of sp³-hybridized carbons (Fsp3) is 0.333. The van der Waals surface area contributed by atoms with Gasteiger partial charge in [0.25, 0.3) is 5.91 Å². The number of ether oxygens (including phenoxy) is 1. The summed E-state index contributed by atoms with van der Waals surface area (Å²) in [4.78, 5) is 26.9. The van der Waals surface area contributed by atoms with Crippen molar-refractivity contribution < 1.29 is 14.3 Å². The number of carbonyl (C=O) groups excluding carboxylic acids is 2. The minimum Gasteiger partial charge on any atom is -0.465 e. The van der Waals surface area contributed by atoms with Crippen LogP contribution >= 0.6 is 0 Å². The summed E-state index contributed by atoms with van der Waals surface area (Å²) < 4.78 is 5.35. The molecule has 2 aromatic carbocycles. The van der Waals surface area contributed by atoms with E-state index in [0.29, 0.717) is 31.6 Å². The molecule has 0 aromatic heterocycles. The van der Waals surface area contributed by atoms with Gasteiger partial charge in [-0.1, -0.05) is 54.6 Å². The van der Waals surface area contributed by atoms with Gasteiger partial charge in [-0.3, -0.25) is 9.59 Å².